The second-order valence-electron chi connectivity index (χ2n) is 6.26. The van der Waals surface area contributed by atoms with Crippen molar-refractivity contribution in [1.82, 2.24) is 5.32 Å². The molecule has 0 bridgehead atoms. The van der Waals surface area contributed by atoms with E-state index in [-0.39, 0.29) is 23.9 Å². The number of hydrogen-bond acceptors (Lipinski definition) is 3. The van der Waals surface area contributed by atoms with Gasteiger partial charge in [0.05, 0.1) is 0 Å². The molecule has 1 amide bonds. The maximum absolute atomic E-state index is 12.4. The van der Waals surface area contributed by atoms with Crippen molar-refractivity contribution in [2.75, 3.05) is 25.5 Å². The smallest absolute Gasteiger partial charge is 0.251 e. The van der Waals surface area contributed by atoms with Crippen LogP contribution >= 0.6 is 12.4 Å². The lowest BCUT2D eigenvalue weighted by Gasteiger charge is -2.31. The van der Waals surface area contributed by atoms with E-state index in [0.29, 0.717) is 18.0 Å². The van der Waals surface area contributed by atoms with Crippen LogP contribution in [0.5, 0.6) is 0 Å². The molecule has 0 aliphatic heterocycles. The van der Waals surface area contributed by atoms with Gasteiger partial charge in [0.2, 0.25) is 0 Å². The van der Waals surface area contributed by atoms with E-state index in [2.05, 4.69) is 19.2 Å². The second kappa shape index (κ2) is 8.25. The largest absolute Gasteiger partial charge is 0.378 e. The van der Waals surface area contributed by atoms with E-state index in [1.54, 1.807) is 0 Å². The fraction of sp³-hybridized carbons (Fsp3) is 0.562. The zero-order valence-corrected chi connectivity index (χ0v) is 14.5. The predicted molar refractivity (Wildman–Crippen MR) is 92.4 cm³/mol. The molecule has 0 aromatic heterocycles. The number of carbonyl (C=O) groups is 1. The highest BCUT2D eigenvalue weighted by atomic mass is 35.5. The first kappa shape index (κ1) is 19.7. The van der Waals surface area contributed by atoms with Crippen molar-refractivity contribution in [2.45, 2.75) is 32.7 Å². The number of anilines is 1. The molecule has 21 heavy (non-hydrogen) atoms. The molecule has 120 valence electrons. The average molecular weight is 314 g/mol. The number of benzene rings is 1. The summed E-state index contributed by atoms with van der Waals surface area (Å²) in [6.45, 7) is 6.70. The van der Waals surface area contributed by atoms with Crippen LogP contribution in [0, 0.1) is 5.92 Å². The molecule has 4 nitrogen and oxygen atoms in total. The summed E-state index contributed by atoms with van der Waals surface area (Å²) in [6, 6.07) is 7.59. The van der Waals surface area contributed by atoms with Gasteiger partial charge in [0.15, 0.2) is 0 Å². The van der Waals surface area contributed by atoms with Crippen molar-refractivity contribution < 1.29 is 4.79 Å². The van der Waals surface area contributed by atoms with Crippen molar-refractivity contribution in [3.8, 4) is 0 Å². The van der Waals surface area contributed by atoms with Crippen LogP contribution in [0.25, 0.3) is 0 Å². The van der Waals surface area contributed by atoms with Crippen LogP contribution in [0.3, 0.4) is 0 Å². The first-order valence-electron chi connectivity index (χ1n) is 7.07. The number of halogens is 1. The number of nitrogens with zero attached hydrogens (tertiary/aromatic N) is 1. The molecule has 0 spiro atoms. The van der Waals surface area contributed by atoms with Gasteiger partial charge in [-0.05, 0) is 37.5 Å². The van der Waals surface area contributed by atoms with Crippen LogP contribution in [-0.2, 0) is 0 Å². The van der Waals surface area contributed by atoms with Gasteiger partial charge >= 0.3 is 0 Å². The summed E-state index contributed by atoms with van der Waals surface area (Å²) in [5.41, 5.74) is 7.15. The lowest BCUT2D eigenvalue weighted by molar-refractivity contribution is 0.0898. The van der Waals surface area contributed by atoms with Crippen molar-refractivity contribution in [2.24, 2.45) is 11.7 Å². The van der Waals surface area contributed by atoms with Crippen molar-refractivity contribution >= 4 is 24.0 Å². The number of hydrogen-bond donors (Lipinski definition) is 2. The van der Waals surface area contributed by atoms with Crippen molar-refractivity contribution in [3.05, 3.63) is 29.8 Å². The third kappa shape index (κ3) is 5.94. The van der Waals surface area contributed by atoms with Crippen LogP contribution in [0.1, 0.15) is 37.6 Å². The maximum atomic E-state index is 12.4. The molecule has 0 aliphatic rings. The van der Waals surface area contributed by atoms with Crippen molar-refractivity contribution in [1.29, 1.82) is 0 Å². The molecule has 0 saturated carbocycles. The minimum atomic E-state index is -0.362. The first-order valence-corrected chi connectivity index (χ1v) is 7.07. The number of amides is 1. The Labute approximate surface area is 134 Å². The van der Waals surface area contributed by atoms with Crippen LogP contribution in [0.2, 0.25) is 0 Å². The number of rotatable bonds is 6. The highest BCUT2D eigenvalue weighted by Gasteiger charge is 2.26. The number of nitrogens with two attached hydrogens (primary N) is 1. The third-order valence-electron chi connectivity index (χ3n) is 3.35. The predicted octanol–water partition coefficient (Wildman–Crippen LogP) is 2.67. The van der Waals surface area contributed by atoms with Gasteiger partial charge in [0.25, 0.3) is 5.91 Å². The minimum absolute atomic E-state index is 0. The summed E-state index contributed by atoms with van der Waals surface area (Å²) < 4.78 is 0. The summed E-state index contributed by atoms with van der Waals surface area (Å²) in [5.74, 6) is 0.416. The molecule has 1 aromatic rings. The molecule has 0 radical (unpaired) electrons. The Morgan fingerprint density at radius 3 is 2.48 bits per heavy atom. The van der Waals surface area contributed by atoms with E-state index in [1.807, 2.05) is 50.2 Å². The topological polar surface area (TPSA) is 58.4 Å². The Hall–Kier alpha value is -1.26. The lowest BCUT2D eigenvalue weighted by atomic mass is 9.90. The Kier molecular flexibility index (Phi) is 7.75. The summed E-state index contributed by atoms with van der Waals surface area (Å²) in [5, 5.41) is 3.07. The molecule has 1 aromatic carbocycles. The van der Waals surface area contributed by atoms with Gasteiger partial charge in [0, 0.05) is 37.4 Å². The van der Waals surface area contributed by atoms with Gasteiger partial charge in [-0.2, -0.15) is 0 Å². The van der Waals surface area contributed by atoms with Crippen molar-refractivity contribution in [3.63, 3.8) is 0 Å². The molecule has 0 fully saturated rings. The van der Waals surface area contributed by atoms with Gasteiger partial charge in [-0.3, -0.25) is 4.79 Å². The molecule has 0 heterocycles. The summed E-state index contributed by atoms with van der Waals surface area (Å²) in [7, 11) is 3.92. The average Bonchev–Trinajstić information content (AvgIpc) is 2.37. The van der Waals surface area contributed by atoms with Crippen LogP contribution in [0.15, 0.2) is 24.3 Å². The Morgan fingerprint density at radius 1 is 1.38 bits per heavy atom. The highest BCUT2D eigenvalue weighted by molar-refractivity contribution is 5.95. The number of carbonyl (C=O) groups excluding carboxylic acids is 1. The maximum Gasteiger partial charge on any atom is 0.251 e. The normalized spacial score (nSPS) is 13.3. The van der Waals surface area contributed by atoms with Gasteiger partial charge < -0.3 is 16.0 Å². The van der Waals surface area contributed by atoms with Crippen LogP contribution in [0.4, 0.5) is 5.69 Å². The van der Waals surface area contributed by atoms with E-state index in [4.69, 9.17) is 5.73 Å². The quantitative estimate of drug-likeness (QED) is 0.849. The van der Waals surface area contributed by atoms with Gasteiger partial charge in [0.1, 0.15) is 0 Å². The summed E-state index contributed by atoms with van der Waals surface area (Å²) in [6.07, 6.45) is 0.864. The minimum Gasteiger partial charge on any atom is -0.378 e. The molecule has 0 saturated heterocycles. The SMILES string of the molecule is CC(C)CC(C)(CN)NC(=O)c1cccc(N(C)C)c1.Cl. The fourth-order valence-electron chi connectivity index (χ4n) is 2.36. The van der Waals surface area contributed by atoms with Gasteiger partial charge in [-0.25, -0.2) is 0 Å². The molecule has 1 unspecified atom stereocenters. The second-order valence-corrected chi connectivity index (χ2v) is 6.26. The van der Waals surface area contributed by atoms with E-state index >= 15 is 0 Å². The monoisotopic (exact) mass is 313 g/mol. The van der Waals surface area contributed by atoms with Gasteiger partial charge in [-0.15, -0.1) is 12.4 Å². The third-order valence-corrected chi connectivity index (χ3v) is 3.35. The van der Waals surface area contributed by atoms with Gasteiger partial charge in [-0.1, -0.05) is 19.9 Å². The van der Waals surface area contributed by atoms with E-state index < -0.39 is 0 Å². The Morgan fingerprint density at radius 2 is 2.00 bits per heavy atom. The first-order chi connectivity index (χ1) is 9.27. The molecular weight excluding hydrogens is 286 g/mol. The molecule has 0 aliphatic carbocycles. The van der Waals surface area contributed by atoms with E-state index in [1.165, 1.54) is 0 Å². The molecular formula is C16H28ClN3O. The molecule has 1 rings (SSSR count). The zero-order chi connectivity index (χ0) is 15.3. The lowest BCUT2D eigenvalue weighted by Crippen LogP contribution is -2.52. The van der Waals surface area contributed by atoms with E-state index in [9.17, 15) is 4.79 Å². The van der Waals surface area contributed by atoms with E-state index in [0.717, 1.165) is 12.1 Å². The highest BCUT2D eigenvalue weighted by Crippen LogP contribution is 2.18. The summed E-state index contributed by atoms with van der Waals surface area (Å²) >= 11 is 0. The zero-order valence-electron chi connectivity index (χ0n) is 13.6. The standard InChI is InChI=1S/C16H27N3O.ClH/c1-12(2)10-16(3,11-17)18-15(20)13-7-6-8-14(9-13)19(4)5;/h6-9,12H,10-11,17H2,1-5H3,(H,18,20);1H. The Balaban J connectivity index is 0.00000400. The van der Waals surface area contributed by atoms with Crippen LogP contribution < -0.4 is 16.0 Å². The Bertz CT molecular complexity index is 463. The van der Waals surface area contributed by atoms with Crippen LogP contribution in [-0.4, -0.2) is 32.1 Å². The molecule has 5 heteroatoms. The fourth-order valence-corrected chi connectivity index (χ4v) is 2.36. The summed E-state index contributed by atoms with van der Waals surface area (Å²) in [4.78, 5) is 14.4. The number of nitrogens with one attached hydrogen (secondary N) is 1. The molecule has 1 atom stereocenters. The molecule has 3 N–H and O–H groups in total.